The van der Waals surface area contributed by atoms with E-state index in [0.29, 0.717) is 18.2 Å². The topological polar surface area (TPSA) is 37.1 Å². The van der Waals surface area contributed by atoms with Crippen molar-refractivity contribution < 1.29 is 0 Å². The van der Waals surface area contributed by atoms with Gasteiger partial charge in [-0.25, -0.2) is 9.98 Å². The van der Waals surface area contributed by atoms with Crippen LogP contribution in [0.5, 0.6) is 0 Å². The predicted octanol–water partition coefficient (Wildman–Crippen LogP) is 7.06. The average Bonchev–Trinajstić information content (AvgIpc) is 2.87. The van der Waals surface area contributed by atoms with E-state index in [1.54, 1.807) is 0 Å². The molecule has 0 heterocycles. The van der Waals surface area contributed by atoms with Gasteiger partial charge < -0.3 is 0 Å². The van der Waals surface area contributed by atoms with Crippen molar-refractivity contribution in [2.45, 2.75) is 20.4 Å². The molecular formula is C30H27N3. The van der Waals surface area contributed by atoms with Crippen LogP contribution < -0.4 is 0 Å². The van der Waals surface area contributed by atoms with Crippen molar-refractivity contribution in [1.82, 2.24) is 0 Å². The van der Waals surface area contributed by atoms with Gasteiger partial charge in [-0.3, -0.25) is 4.99 Å². The third-order valence-corrected chi connectivity index (χ3v) is 5.61. The minimum Gasteiger partial charge on any atom is -0.261 e. The van der Waals surface area contributed by atoms with Gasteiger partial charge in [0.1, 0.15) is 0 Å². The molecule has 0 fully saturated rings. The zero-order chi connectivity index (χ0) is 23.0. The standard InChI is InChI=1S/C30H27N3/c1-22-17-18-27(19-23(22)2)26-15-10-16-28(20-26)29(31-3)33-30(25-13-8-5-9-14-25)32-21-24-11-6-4-7-12-24/h4-20H,3,21H2,1-2H3. The summed E-state index contributed by atoms with van der Waals surface area (Å²) in [4.78, 5) is 13.9. The highest BCUT2D eigenvalue weighted by Gasteiger charge is 2.09. The lowest BCUT2D eigenvalue weighted by Crippen LogP contribution is -2.05. The van der Waals surface area contributed by atoms with E-state index in [-0.39, 0.29) is 0 Å². The molecular weight excluding hydrogens is 402 g/mol. The van der Waals surface area contributed by atoms with Crippen LogP contribution in [-0.2, 0) is 6.54 Å². The number of hydrogen-bond donors (Lipinski definition) is 0. The van der Waals surface area contributed by atoms with Gasteiger partial charge in [-0.05, 0) is 54.4 Å². The Bertz CT molecular complexity index is 1300. The number of rotatable bonds is 5. The van der Waals surface area contributed by atoms with Gasteiger partial charge in [-0.1, -0.05) is 97.1 Å². The predicted molar refractivity (Wildman–Crippen MR) is 141 cm³/mol. The summed E-state index contributed by atoms with van der Waals surface area (Å²) in [5.41, 5.74) is 7.83. The van der Waals surface area contributed by atoms with Gasteiger partial charge in [0, 0.05) is 11.1 Å². The summed E-state index contributed by atoms with van der Waals surface area (Å²) in [6, 6.07) is 34.9. The molecule has 0 radical (unpaired) electrons. The normalized spacial score (nSPS) is 11.9. The molecule has 162 valence electrons. The zero-order valence-electron chi connectivity index (χ0n) is 19.1. The molecule has 0 atom stereocenters. The summed E-state index contributed by atoms with van der Waals surface area (Å²) in [5.74, 6) is 1.19. The lowest BCUT2D eigenvalue weighted by molar-refractivity contribution is 1.06. The van der Waals surface area contributed by atoms with E-state index in [1.165, 1.54) is 16.7 Å². The second kappa shape index (κ2) is 10.5. The van der Waals surface area contributed by atoms with Gasteiger partial charge >= 0.3 is 0 Å². The van der Waals surface area contributed by atoms with Gasteiger partial charge in [0.05, 0.1) is 6.54 Å². The number of aryl methyl sites for hydroxylation is 2. The summed E-state index contributed by atoms with van der Waals surface area (Å²) >= 11 is 0. The molecule has 0 saturated carbocycles. The first-order valence-corrected chi connectivity index (χ1v) is 11.0. The van der Waals surface area contributed by atoms with E-state index in [0.717, 1.165) is 22.3 Å². The minimum atomic E-state index is 0.543. The second-order valence-electron chi connectivity index (χ2n) is 7.96. The fourth-order valence-corrected chi connectivity index (χ4v) is 3.58. The fraction of sp³-hybridized carbons (Fsp3) is 0.100. The number of amidine groups is 2. The summed E-state index contributed by atoms with van der Waals surface area (Å²) in [6.45, 7) is 8.60. The third kappa shape index (κ3) is 5.58. The smallest absolute Gasteiger partial charge is 0.161 e. The molecule has 4 aromatic rings. The fourth-order valence-electron chi connectivity index (χ4n) is 3.58. The van der Waals surface area contributed by atoms with Crippen LogP contribution >= 0.6 is 0 Å². The Morgan fingerprint density at radius 1 is 0.636 bits per heavy atom. The van der Waals surface area contributed by atoms with Crippen molar-refractivity contribution >= 4 is 18.4 Å². The Labute approximate surface area is 195 Å². The van der Waals surface area contributed by atoms with Crippen LogP contribution in [0.15, 0.2) is 118 Å². The Kier molecular flexibility index (Phi) is 7.01. The van der Waals surface area contributed by atoms with Crippen molar-refractivity contribution in [2.24, 2.45) is 15.0 Å². The Morgan fingerprint density at radius 3 is 2.00 bits per heavy atom. The summed E-state index contributed by atoms with van der Waals surface area (Å²) in [7, 11) is 0. The first-order valence-electron chi connectivity index (χ1n) is 11.0. The summed E-state index contributed by atoms with van der Waals surface area (Å²) < 4.78 is 0. The molecule has 0 unspecified atom stereocenters. The Hall–Kier alpha value is -4.11. The molecule has 3 nitrogen and oxygen atoms in total. The van der Waals surface area contributed by atoms with Crippen LogP contribution in [-0.4, -0.2) is 18.4 Å². The molecule has 4 aromatic carbocycles. The molecule has 0 aromatic heterocycles. The van der Waals surface area contributed by atoms with Gasteiger partial charge in [-0.2, -0.15) is 0 Å². The molecule has 3 heteroatoms. The Balaban J connectivity index is 1.73. The SMILES string of the molecule is C=NC(=NC(=NCc1ccccc1)c1ccccc1)c1cccc(-c2ccc(C)c(C)c2)c1. The van der Waals surface area contributed by atoms with E-state index in [4.69, 9.17) is 9.98 Å². The average molecular weight is 430 g/mol. The van der Waals surface area contributed by atoms with E-state index in [2.05, 4.69) is 68.0 Å². The largest absolute Gasteiger partial charge is 0.261 e. The lowest BCUT2D eigenvalue weighted by atomic mass is 9.99. The molecule has 0 aliphatic rings. The first kappa shape index (κ1) is 22.1. The van der Waals surface area contributed by atoms with Crippen molar-refractivity contribution in [2.75, 3.05) is 0 Å². The highest BCUT2D eigenvalue weighted by molar-refractivity contribution is 6.13. The van der Waals surface area contributed by atoms with Gasteiger partial charge in [0.15, 0.2) is 11.7 Å². The van der Waals surface area contributed by atoms with E-state index < -0.39 is 0 Å². The molecule has 0 N–H and O–H groups in total. The molecule has 0 aliphatic heterocycles. The minimum absolute atomic E-state index is 0.543. The maximum absolute atomic E-state index is 4.85. The third-order valence-electron chi connectivity index (χ3n) is 5.61. The molecule has 0 aliphatic carbocycles. The van der Waals surface area contributed by atoms with Gasteiger partial charge in [0.2, 0.25) is 0 Å². The van der Waals surface area contributed by atoms with E-state index >= 15 is 0 Å². The number of benzene rings is 4. The molecule has 0 spiro atoms. The zero-order valence-corrected chi connectivity index (χ0v) is 19.1. The van der Waals surface area contributed by atoms with Crippen molar-refractivity contribution in [3.63, 3.8) is 0 Å². The number of aliphatic imine (C=N–C) groups is 3. The van der Waals surface area contributed by atoms with Crippen molar-refractivity contribution in [1.29, 1.82) is 0 Å². The highest BCUT2D eigenvalue weighted by Crippen LogP contribution is 2.24. The van der Waals surface area contributed by atoms with Crippen LogP contribution in [0, 0.1) is 13.8 Å². The maximum Gasteiger partial charge on any atom is 0.161 e. The van der Waals surface area contributed by atoms with E-state index in [1.807, 2.05) is 60.7 Å². The number of nitrogens with zero attached hydrogens (tertiary/aromatic N) is 3. The maximum atomic E-state index is 4.85. The molecule has 33 heavy (non-hydrogen) atoms. The van der Waals surface area contributed by atoms with Crippen molar-refractivity contribution in [3.05, 3.63) is 131 Å². The van der Waals surface area contributed by atoms with E-state index in [9.17, 15) is 0 Å². The van der Waals surface area contributed by atoms with Crippen LogP contribution in [0.2, 0.25) is 0 Å². The second-order valence-corrected chi connectivity index (χ2v) is 7.96. The van der Waals surface area contributed by atoms with Crippen molar-refractivity contribution in [3.8, 4) is 11.1 Å². The van der Waals surface area contributed by atoms with Gasteiger partial charge in [0.25, 0.3) is 0 Å². The van der Waals surface area contributed by atoms with Crippen LogP contribution in [0.3, 0.4) is 0 Å². The molecule has 0 saturated heterocycles. The quantitative estimate of drug-likeness (QED) is 0.240. The number of hydrogen-bond acceptors (Lipinski definition) is 1. The summed E-state index contributed by atoms with van der Waals surface area (Å²) in [5, 5.41) is 0. The highest BCUT2D eigenvalue weighted by atomic mass is 15.0. The van der Waals surface area contributed by atoms with Crippen LogP contribution in [0.1, 0.15) is 27.8 Å². The van der Waals surface area contributed by atoms with Gasteiger partial charge in [-0.15, -0.1) is 0 Å². The molecule has 4 rings (SSSR count). The Morgan fingerprint density at radius 2 is 1.30 bits per heavy atom. The monoisotopic (exact) mass is 429 g/mol. The lowest BCUT2D eigenvalue weighted by Gasteiger charge is -2.09. The summed E-state index contributed by atoms with van der Waals surface area (Å²) in [6.07, 6.45) is 0. The molecule has 0 bridgehead atoms. The van der Waals surface area contributed by atoms with Crippen LogP contribution in [0.25, 0.3) is 11.1 Å². The molecule has 0 amide bonds. The first-order chi connectivity index (χ1) is 16.1. The van der Waals surface area contributed by atoms with Crippen LogP contribution in [0.4, 0.5) is 0 Å².